The molecule has 0 saturated carbocycles. The van der Waals surface area contributed by atoms with E-state index in [2.05, 4.69) is 10.3 Å². The molecular weight excluding hydrogens is 354 g/mol. The summed E-state index contributed by atoms with van der Waals surface area (Å²) in [4.78, 5) is 31.5. The Hall–Kier alpha value is -3.37. The van der Waals surface area contributed by atoms with Gasteiger partial charge in [-0.3, -0.25) is 0 Å². The van der Waals surface area contributed by atoms with Crippen molar-refractivity contribution in [1.82, 2.24) is 4.90 Å². The third-order valence-corrected chi connectivity index (χ3v) is 3.91. The van der Waals surface area contributed by atoms with Crippen molar-refractivity contribution in [2.45, 2.75) is 0 Å². The Balaban J connectivity index is 1.88. The number of carbonyl (C=O) groups is 2. The number of nitriles is 1. The van der Waals surface area contributed by atoms with Crippen LogP contribution in [0, 0.1) is 11.3 Å². The van der Waals surface area contributed by atoms with Crippen LogP contribution in [-0.2, 0) is 0 Å². The molecule has 1 saturated heterocycles. The Morgan fingerprint density at radius 3 is 2.54 bits per heavy atom. The fourth-order valence-electron chi connectivity index (χ4n) is 2.49. The van der Waals surface area contributed by atoms with Crippen LogP contribution in [0.1, 0.15) is 0 Å². The lowest BCUT2D eigenvalue weighted by Gasteiger charge is -2.16. The smallest absolute Gasteiger partial charge is 0.306 e. The summed E-state index contributed by atoms with van der Waals surface area (Å²) in [7, 11) is 0. The highest BCUT2D eigenvalue weighted by molar-refractivity contribution is 6.31. The second kappa shape index (κ2) is 7.68. The van der Waals surface area contributed by atoms with E-state index in [1.54, 1.807) is 48.5 Å². The first-order chi connectivity index (χ1) is 12.6. The van der Waals surface area contributed by atoms with Crippen molar-refractivity contribution in [3.63, 3.8) is 0 Å². The predicted octanol–water partition coefficient (Wildman–Crippen LogP) is 3.74. The van der Waals surface area contributed by atoms with Crippen LogP contribution in [0.15, 0.2) is 59.6 Å². The second-order valence-corrected chi connectivity index (χ2v) is 5.87. The van der Waals surface area contributed by atoms with Crippen LogP contribution in [0.25, 0.3) is 0 Å². The molecule has 4 amide bonds. The van der Waals surface area contributed by atoms with E-state index < -0.39 is 12.1 Å². The van der Waals surface area contributed by atoms with Gasteiger partial charge in [0.05, 0.1) is 18.3 Å². The van der Waals surface area contributed by atoms with Gasteiger partial charge in [0.15, 0.2) is 0 Å². The standard InChI is InChI=1S/C18H14ClN5O2/c19-13-6-8-15(9-7-13)24-16(12-23(11-10-20)18(24)26)22-17(25)21-14-4-2-1-3-5-14/h1-9H,11-12H2,(H,21,25)/b22-16+. The Bertz CT molecular complexity index is 890. The van der Waals surface area contributed by atoms with Crippen molar-refractivity contribution >= 4 is 40.9 Å². The minimum absolute atomic E-state index is 0.0667. The Morgan fingerprint density at radius 1 is 1.19 bits per heavy atom. The van der Waals surface area contributed by atoms with Crippen LogP contribution in [0.2, 0.25) is 5.02 Å². The third-order valence-electron chi connectivity index (χ3n) is 3.65. The van der Waals surface area contributed by atoms with Crippen LogP contribution < -0.4 is 10.2 Å². The van der Waals surface area contributed by atoms with Crippen LogP contribution in [0.4, 0.5) is 21.0 Å². The van der Waals surface area contributed by atoms with Gasteiger partial charge in [0.1, 0.15) is 12.4 Å². The van der Waals surface area contributed by atoms with Crippen molar-refractivity contribution < 1.29 is 9.59 Å². The van der Waals surface area contributed by atoms with E-state index >= 15 is 0 Å². The normalized spacial score (nSPS) is 15.2. The third kappa shape index (κ3) is 3.82. The SMILES string of the molecule is N#CCN1C/C(=N\C(=O)Nc2ccccc2)N(c2ccc(Cl)cc2)C1=O. The summed E-state index contributed by atoms with van der Waals surface area (Å²) in [5.74, 6) is 0.237. The Morgan fingerprint density at radius 2 is 1.88 bits per heavy atom. The number of nitrogens with zero attached hydrogens (tertiary/aromatic N) is 4. The van der Waals surface area contributed by atoms with Crippen molar-refractivity contribution in [3.05, 3.63) is 59.6 Å². The van der Waals surface area contributed by atoms with Crippen LogP contribution in [-0.4, -0.2) is 35.9 Å². The quantitative estimate of drug-likeness (QED) is 0.838. The summed E-state index contributed by atoms with van der Waals surface area (Å²) in [6, 6.07) is 16.4. The maximum Gasteiger partial charge on any atom is 0.347 e. The van der Waals surface area contributed by atoms with E-state index in [4.69, 9.17) is 16.9 Å². The summed E-state index contributed by atoms with van der Waals surface area (Å²) in [5.41, 5.74) is 1.11. The molecule has 0 aliphatic carbocycles. The first-order valence-corrected chi connectivity index (χ1v) is 8.11. The van der Waals surface area contributed by atoms with Crippen LogP contribution >= 0.6 is 11.6 Å². The lowest BCUT2D eigenvalue weighted by molar-refractivity contribution is 0.225. The number of nitrogens with one attached hydrogen (secondary N) is 1. The van der Waals surface area contributed by atoms with E-state index in [0.29, 0.717) is 16.4 Å². The highest BCUT2D eigenvalue weighted by Crippen LogP contribution is 2.24. The zero-order valence-corrected chi connectivity index (χ0v) is 14.3. The molecule has 0 radical (unpaired) electrons. The molecule has 26 heavy (non-hydrogen) atoms. The van der Waals surface area contributed by atoms with Crippen molar-refractivity contribution in [1.29, 1.82) is 5.26 Å². The molecule has 7 nitrogen and oxygen atoms in total. The van der Waals surface area contributed by atoms with Gasteiger partial charge in [0.2, 0.25) is 0 Å². The predicted molar refractivity (Wildman–Crippen MR) is 99.4 cm³/mol. The van der Waals surface area contributed by atoms with Gasteiger partial charge in [-0.2, -0.15) is 10.3 Å². The Labute approximate surface area is 155 Å². The maximum absolute atomic E-state index is 12.6. The summed E-state index contributed by atoms with van der Waals surface area (Å²) in [5, 5.41) is 12.1. The zero-order valence-electron chi connectivity index (χ0n) is 13.6. The summed E-state index contributed by atoms with van der Waals surface area (Å²) < 4.78 is 0. The minimum Gasteiger partial charge on any atom is -0.306 e. The summed E-state index contributed by atoms with van der Waals surface area (Å²) >= 11 is 5.89. The maximum atomic E-state index is 12.6. The number of anilines is 2. The second-order valence-electron chi connectivity index (χ2n) is 5.43. The molecule has 1 aliphatic rings. The van der Waals surface area contributed by atoms with Gasteiger partial charge in [-0.25, -0.2) is 14.5 Å². The van der Waals surface area contributed by atoms with Gasteiger partial charge in [-0.05, 0) is 36.4 Å². The Kier molecular flexibility index (Phi) is 5.15. The molecule has 0 bridgehead atoms. The van der Waals surface area contributed by atoms with E-state index in [0.717, 1.165) is 0 Å². The van der Waals surface area contributed by atoms with Crippen LogP contribution in [0.5, 0.6) is 0 Å². The lowest BCUT2D eigenvalue weighted by Crippen LogP contribution is -2.33. The number of para-hydroxylation sites is 1. The number of halogens is 1. The first-order valence-electron chi connectivity index (χ1n) is 7.73. The minimum atomic E-state index is -0.600. The van der Waals surface area contributed by atoms with Gasteiger partial charge in [0, 0.05) is 10.7 Å². The number of amides is 4. The molecule has 0 spiro atoms. The highest BCUT2D eigenvalue weighted by atomic mass is 35.5. The van der Waals surface area contributed by atoms with Gasteiger partial charge < -0.3 is 10.2 Å². The largest absolute Gasteiger partial charge is 0.347 e. The van der Waals surface area contributed by atoms with Gasteiger partial charge in [-0.1, -0.05) is 29.8 Å². The van der Waals surface area contributed by atoms with E-state index in [-0.39, 0.29) is 18.9 Å². The number of benzene rings is 2. The monoisotopic (exact) mass is 367 g/mol. The van der Waals surface area contributed by atoms with Crippen molar-refractivity contribution in [2.75, 3.05) is 23.3 Å². The average Bonchev–Trinajstić information content (AvgIpc) is 2.92. The summed E-state index contributed by atoms with van der Waals surface area (Å²) in [6.07, 6.45) is 0. The zero-order chi connectivity index (χ0) is 18.5. The van der Waals surface area contributed by atoms with E-state index in [1.807, 2.05) is 12.1 Å². The fourth-order valence-corrected chi connectivity index (χ4v) is 2.62. The number of aliphatic imine (C=N–C) groups is 1. The van der Waals surface area contributed by atoms with Crippen LogP contribution in [0.3, 0.4) is 0 Å². The molecular formula is C18H14ClN5O2. The molecule has 2 aromatic rings. The number of hydrogen-bond acceptors (Lipinski definition) is 3. The number of hydrogen-bond donors (Lipinski definition) is 1. The topological polar surface area (TPSA) is 88.8 Å². The number of carbonyl (C=O) groups excluding carboxylic acids is 2. The molecule has 1 heterocycles. The fraction of sp³-hybridized carbons (Fsp3) is 0.111. The molecule has 1 fully saturated rings. The van der Waals surface area contributed by atoms with Gasteiger partial charge in [0.25, 0.3) is 0 Å². The molecule has 130 valence electrons. The molecule has 0 unspecified atom stereocenters. The van der Waals surface area contributed by atoms with Gasteiger partial charge in [-0.15, -0.1) is 0 Å². The molecule has 8 heteroatoms. The lowest BCUT2D eigenvalue weighted by atomic mass is 10.3. The molecule has 3 rings (SSSR count). The molecule has 0 aromatic heterocycles. The molecule has 2 aromatic carbocycles. The van der Waals surface area contributed by atoms with Crippen molar-refractivity contribution in [2.24, 2.45) is 4.99 Å². The number of rotatable bonds is 3. The van der Waals surface area contributed by atoms with E-state index in [1.165, 1.54) is 9.80 Å². The molecule has 0 atom stereocenters. The van der Waals surface area contributed by atoms with E-state index in [9.17, 15) is 9.59 Å². The first kappa shape index (κ1) is 17.5. The number of urea groups is 2. The highest BCUT2D eigenvalue weighted by Gasteiger charge is 2.35. The van der Waals surface area contributed by atoms with Gasteiger partial charge >= 0.3 is 12.1 Å². The summed E-state index contributed by atoms with van der Waals surface area (Å²) in [6.45, 7) is -0.0283. The average molecular weight is 368 g/mol. The van der Waals surface area contributed by atoms with Crippen molar-refractivity contribution in [3.8, 4) is 6.07 Å². The molecule has 1 aliphatic heterocycles. The number of amidine groups is 1. The molecule has 1 N–H and O–H groups in total.